The Morgan fingerprint density at radius 2 is 2.00 bits per heavy atom. The van der Waals surface area contributed by atoms with Gasteiger partial charge in [-0.1, -0.05) is 24.3 Å². The molecule has 16 heavy (non-hydrogen) atoms. The Kier molecular flexibility index (Phi) is 2.18. The number of rotatable bonds is 1. The number of carbonyl (C=O) groups excluding carboxylic acids is 1. The first-order chi connectivity index (χ1) is 7.84. The summed E-state index contributed by atoms with van der Waals surface area (Å²) >= 11 is 1.62. The largest absolute Gasteiger partial charge is 0.277 e. The van der Waals surface area contributed by atoms with Gasteiger partial charge >= 0.3 is 0 Å². The van der Waals surface area contributed by atoms with Crippen LogP contribution in [0.15, 0.2) is 46.8 Å². The monoisotopic (exact) mass is 227 g/mol. The van der Waals surface area contributed by atoms with E-state index >= 15 is 0 Å². The van der Waals surface area contributed by atoms with Gasteiger partial charge in [0.05, 0.1) is 5.71 Å². The van der Waals surface area contributed by atoms with Crippen LogP contribution in [-0.2, 0) is 6.42 Å². The molecule has 1 aliphatic heterocycles. The SMILES string of the molecule is O=C1N=C(c2cccs2)Cc2ccccc21. The first-order valence-corrected chi connectivity index (χ1v) is 5.96. The summed E-state index contributed by atoms with van der Waals surface area (Å²) in [5.41, 5.74) is 2.70. The smallest absolute Gasteiger partial charge is 0.267 e. The highest BCUT2D eigenvalue weighted by molar-refractivity contribution is 7.12. The number of aliphatic imine (C=N–C) groups is 1. The van der Waals surface area contributed by atoms with E-state index in [1.165, 1.54) is 0 Å². The van der Waals surface area contributed by atoms with Crippen LogP contribution in [0, 0.1) is 0 Å². The second kappa shape index (κ2) is 3.68. The molecule has 1 aromatic carbocycles. The van der Waals surface area contributed by atoms with Crippen molar-refractivity contribution in [1.29, 1.82) is 0 Å². The maximum absolute atomic E-state index is 11.8. The van der Waals surface area contributed by atoms with Crippen LogP contribution in [-0.4, -0.2) is 11.6 Å². The van der Waals surface area contributed by atoms with Crippen molar-refractivity contribution in [2.24, 2.45) is 4.99 Å². The van der Waals surface area contributed by atoms with Crippen molar-refractivity contribution in [2.75, 3.05) is 0 Å². The highest BCUT2D eigenvalue weighted by Crippen LogP contribution is 2.21. The lowest BCUT2D eigenvalue weighted by Crippen LogP contribution is -2.16. The van der Waals surface area contributed by atoms with E-state index in [-0.39, 0.29) is 5.91 Å². The summed E-state index contributed by atoms with van der Waals surface area (Å²) in [5.74, 6) is -0.120. The van der Waals surface area contributed by atoms with Crippen LogP contribution in [0.4, 0.5) is 0 Å². The van der Waals surface area contributed by atoms with E-state index < -0.39 is 0 Å². The predicted octanol–water partition coefficient (Wildman–Crippen LogP) is 2.93. The molecule has 0 radical (unpaired) electrons. The second-order valence-corrected chi connectivity index (χ2v) is 4.62. The van der Waals surface area contributed by atoms with Crippen LogP contribution in [0.2, 0.25) is 0 Å². The molecule has 2 nitrogen and oxygen atoms in total. The van der Waals surface area contributed by atoms with Gasteiger partial charge in [-0.25, -0.2) is 4.99 Å². The molecular weight excluding hydrogens is 218 g/mol. The second-order valence-electron chi connectivity index (χ2n) is 3.67. The average Bonchev–Trinajstić information content (AvgIpc) is 2.82. The molecule has 0 atom stereocenters. The average molecular weight is 227 g/mol. The van der Waals surface area contributed by atoms with Crippen LogP contribution in [0.1, 0.15) is 20.8 Å². The topological polar surface area (TPSA) is 29.4 Å². The van der Waals surface area contributed by atoms with E-state index in [1.807, 2.05) is 41.8 Å². The van der Waals surface area contributed by atoms with Crippen LogP contribution in [0.5, 0.6) is 0 Å². The van der Waals surface area contributed by atoms with Gasteiger partial charge in [0.15, 0.2) is 0 Å². The summed E-state index contributed by atoms with van der Waals surface area (Å²) in [6.07, 6.45) is 0.752. The molecule has 0 spiro atoms. The number of thiophene rings is 1. The molecule has 2 aromatic rings. The molecule has 0 N–H and O–H groups in total. The first kappa shape index (κ1) is 9.48. The van der Waals surface area contributed by atoms with Crippen molar-refractivity contribution in [3.8, 4) is 0 Å². The molecule has 1 aliphatic rings. The molecule has 0 fully saturated rings. The standard InChI is InChI=1S/C13H9NOS/c15-13-10-5-2-1-4-9(10)8-11(14-13)12-6-3-7-16-12/h1-7H,8H2. The fraction of sp³-hybridized carbons (Fsp3) is 0.0769. The third kappa shape index (κ3) is 1.49. The Morgan fingerprint density at radius 3 is 2.81 bits per heavy atom. The number of hydrogen-bond donors (Lipinski definition) is 0. The van der Waals surface area contributed by atoms with Gasteiger partial charge in [-0.3, -0.25) is 4.79 Å². The number of carbonyl (C=O) groups is 1. The molecule has 1 aromatic heterocycles. The summed E-state index contributed by atoms with van der Waals surface area (Å²) in [4.78, 5) is 17.0. The van der Waals surface area contributed by atoms with Crippen molar-refractivity contribution in [1.82, 2.24) is 0 Å². The fourth-order valence-corrected chi connectivity index (χ4v) is 2.59. The highest BCUT2D eigenvalue weighted by Gasteiger charge is 2.19. The summed E-state index contributed by atoms with van der Waals surface area (Å²) in [7, 11) is 0. The van der Waals surface area contributed by atoms with Gasteiger partial charge in [-0.15, -0.1) is 11.3 Å². The lowest BCUT2D eigenvalue weighted by Gasteiger charge is -2.13. The minimum atomic E-state index is -0.120. The van der Waals surface area contributed by atoms with Gasteiger partial charge < -0.3 is 0 Å². The minimum absolute atomic E-state index is 0.120. The zero-order valence-electron chi connectivity index (χ0n) is 8.51. The molecule has 2 heterocycles. The minimum Gasteiger partial charge on any atom is -0.267 e. The van der Waals surface area contributed by atoms with E-state index in [2.05, 4.69) is 4.99 Å². The zero-order valence-corrected chi connectivity index (χ0v) is 9.33. The summed E-state index contributed by atoms with van der Waals surface area (Å²) in [6.45, 7) is 0. The molecule has 0 saturated heterocycles. The van der Waals surface area contributed by atoms with Crippen molar-refractivity contribution in [2.45, 2.75) is 6.42 Å². The van der Waals surface area contributed by atoms with E-state index in [1.54, 1.807) is 11.3 Å². The van der Waals surface area contributed by atoms with Crippen molar-refractivity contribution >= 4 is 23.0 Å². The van der Waals surface area contributed by atoms with E-state index in [0.29, 0.717) is 0 Å². The molecule has 0 aliphatic carbocycles. The third-order valence-electron chi connectivity index (χ3n) is 2.65. The van der Waals surface area contributed by atoms with Gasteiger partial charge in [-0.05, 0) is 23.1 Å². The van der Waals surface area contributed by atoms with E-state index in [4.69, 9.17) is 0 Å². The molecule has 1 amide bonds. The number of nitrogens with zero attached hydrogens (tertiary/aromatic N) is 1. The van der Waals surface area contributed by atoms with E-state index in [0.717, 1.165) is 28.1 Å². The number of hydrogen-bond acceptors (Lipinski definition) is 2. The fourth-order valence-electron chi connectivity index (χ4n) is 1.87. The molecule has 78 valence electrons. The number of fused-ring (bicyclic) bond motifs is 1. The summed E-state index contributed by atoms with van der Waals surface area (Å²) < 4.78 is 0. The summed E-state index contributed by atoms with van der Waals surface area (Å²) in [6, 6.07) is 11.7. The number of benzene rings is 1. The van der Waals surface area contributed by atoms with Crippen LogP contribution >= 0.6 is 11.3 Å². The van der Waals surface area contributed by atoms with Crippen LogP contribution < -0.4 is 0 Å². The summed E-state index contributed by atoms with van der Waals surface area (Å²) in [5, 5.41) is 2.00. The highest BCUT2D eigenvalue weighted by atomic mass is 32.1. The van der Waals surface area contributed by atoms with Crippen molar-refractivity contribution in [3.05, 3.63) is 57.8 Å². The maximum Gasteiger partial charge on any atom is 0.277 e. The Morgan fingerprint density at radius 1 is 1.12 bits per heavy atom. The van der Waals surface area contributed by atoms with Crippen LogP contribution in [0.3, 0.4) is 0 Å². The Labute approximate surface area is 97.3 Å². The van der Waals surface area contributed by atoms with Gasteiger partial charge in [0.25, 0.3) is 5.91 Å². The Balaban J connectivity index is 2.07. The van der Waals surface area contributed by atoms with Crippen molar-refractivity contribution < 1.29 is 4.79 Å². The molecule has 0 saturated carbocycles. The maximum atomic E-state index is 11.8. The lowest BCUT2D eigenvalue weighted by atomic mass is 9.98. The molecule has 3 heteroatoms. The first-order valence-electron chi connectivity index (χ1n) is 5.08. The Bertz CT molecular complexity index is 569. The van der Waals surface area contributed by atoms with Crippen molar-refractivity contribution in [3.63, 3.8) is 0 Å². The lowest BCUT2D eigenvalue weighted by molar-refractivity contribution is 0.100. The molecule has 0 bridgehead atoms. The van der Waals surface area contributed by atoms with Gasteiger partial charge in [0.2, 0.25) is 0 Å². The molecular formula is C13H9NOS. The van der Waals surface area contributed by atoms with Crippen LogP contribution in [0.25, 0.3) is 0 Å². The van der Waals surface area contributed by atoms with Gasteiger partial charge in [0, 0.05) is 16.9 Å². The van der Waals surface area contributed by atoms with Gasteiger partial charge in [0.1, 0.15) is 0 Å². The quantitative estimate of drug-likeness (QED) is 0.736. The van der Waals surface area contributed by atoms with Gasteiger partial charge in [-0.2, -0.15) is 0 Å². The molecule has 0 unspecified atom stereocenters. The zero-order chi connectivity index (χ0) is 11.0. The molecule has 3 rings (SSSR count). The normalized spacial score (nSPS) is 14.5. The Hall–Kier alpha value is -1.74. The number of amides is 1. The third-order valence-corrected chi connectivity index (χ3v) is 3.57. The van der Waals surface area contributed by atoms with E-state index in [9.17, 15) is 4.79 Å². The predicted molar refractivity (Wildman–Crippen MR) is 65.3 cm³/mol.